The second-order valence-corrected chi connectivity index (χ2v) is 4.74. The molecule has 0 unspecified atom stereocenters. The molecule has 11 heavy (non-hydrogen) atoms. The van der Waals surface area contributed by atoms with E-state index in [1.165, 1.54) is 25.5 Å². The lowest BCUT2D eigenvalue weighted by Gasteiger charge is -2.24. The van der Waals surface area contributed by atoms with Crippen molar-refractivity contribution in [2.75, 3.05) is 0 Å². The highest BCUT2D eigenvalue weighted by Gasteiger charge is 2.52. The van der Waals surface area contributed by atoms with Crippen molar-refractivity contribution < 1.29 is 4.79 Å². The van der Waals surface area contributed by atoms with Crippen molar-refractivity contribution in [2.45, 2.75) is 33.1 Å². The first-order valence-electron chi connectivity index (χ1n) is 4.61. The first-order valence-corrected chi connectivity index (χ1v) is 4.61. The average molecular weight is 152 g/mol. The van der Waals surface area contributed by atoms with Gasteiger partial charge in [-0.15, -0.1) is 0 Å². The molecule has 62 valence electrons. The fraction of sp³-hybridized carbons (Fsp3) is 0.900. The normalized spacial score (nSPS) is 46.2. The number of fused-ring (bicyclic) bond motifs is 2. The lowest BCUT2D eigenvalue weighted by molar-refractivity contribution is -0.112. The summed E-state index contributed by atoms with van der Waals surface area (Å²) in [4.78, 5) is 10.7. The van der Waals surface area contributed by atoms with Crippen molar-refractivity contribution in [1.82, 2.24) is 0 Å². The van der Waals surface area contributed by atoms with Crippen LogP contribution in [0, 0.1) is 23.2 Å². The van der Waals surface area contributed by atoms with Crippen LogP contribution in [0.15, 0.2) is 0 Å². The summed E-state index contributed by atoms with van der Waals surface area (Å²) in [6.07, 6.45) is 5.01. The lowest BCUT2D eigenvalue weighted by Crippen LogP contribution is -2.19. The number of carbonyl (C=O) groups is 1. The van der Waals surface area contributed by atoms with E-state index in [1.807, 2.05) is 0 Å². The molecule has 0 saturated heterocycles. The van der Waals surface area contributed by atoms with E-state index in [2.05, 4.69) is 13.8 Å². The first kappa shape index (κ1) is 7.33. The van der Waals surface area contributed by atoms with E-state index < -0.39 is 0 Å². The molecule has 0 N–H and O–H groups in total. The molecule has 0 aromatic carbocycles. The molecule has 0 aromatic rings. The van der Waals surface area contributed by atoms with Gasteiger partial charge in [0.15, 0.2) is 0 Å². The minimum Gasteiger partial charge on any atom is -0.303 e. The van der Waals surface area contributed by atoms with Crippen LogP contribution in [0.4, 0.5) is 0 Å². The molecule has 0 aliphatic heterocycles. The molecule has 0 aromatic heterocycles. The van der Waals surface area contributed by atoms with E-state index in [1.54, 1.807) is 0 Å². The molecule has 1 heteroatoms. The second kappa shape index (κ2) is 2.09. The van der Waals surface area contributed by atoms with Gasteiger partial charge in [-0.2, -0.15) is 0 Å². The maximum atomic E-state index is 10.7. The molecule has 2 aliphatic rings. The van der Waals surface area contributed by atoms with Gasteiger partial charge in [-0.3, -0.25) is 0 Å². The molecule has 3 atom stereocenters. The van der Waals surface area contributed by atoms with Gasteiger partial charge >= 0.3 is 0 Å². The molecule has 2 saturated carbocycles. The monoisotopic (exact) mass is 152 g/mol. The number of rotatable bonds is 1. The Kier molecular flexibility index (Phi) is 1.39. The van der Waals surface area contributed by atoms with E-state index in [-0.39, 0.29) is 0 Å². The van der Waals surface area contributed by atoms with Crippen molar-refractivity contribution >= 4 is 6.29 Å². The Bertz CT molecular complexity index is 183. The molecule has 2 rings (SSSR count). The van der Waals surface area contributed by atoms with E-state index in [9.17, 15) is 4.79 Å². The van der Waals surface area contributed by atoms with Crippen molar-refractivity contribution in [1.29, 1.82) is 0 Å². The van der Waals surface area contributed by atoms with Crippen LogP contribution in [-0.4, -0.2) is 6.29 Å². The number of hydrogen-bond donors (Lipinski definition) is 0. The minimum absolute atomic E-state index is 0.392. The van der Waals surface area contributed by atoms with Gasteiger partial charge in [0.2, 0.25) is 0 Å². The van der Waals surface area contributed by atoms with Gasteiger partial charge < -0.3 is 4.79 Å². The molecule has 2 fully saturated rings. The summed E-state index contributed by atoms with van der Waals surface area (Å²) >= 11 is 0. The summed E-state index contributed by atoms with van der Waals surface area (Å²) < 4.78 is 0. The van der Waals surface area contributed by atoms with Crippen LogP contribution in [0.1, 0.15) is 33.1 Å². The van der Waals surface area contributed by atoms with E-state index in [0.29, 0.717) is 17.3 Å². The third-order valence-corrected chi connectivity index (χ3v) is 4.08. The van der Waals surface area contributed by atoms with Crippen LogP contribution in [0.3, 0.4) is 0 Å². The maximum absolute atomic E-state index is 10.7. The van der Waals surface area contributed by atoms with E-state index in [4.69, 9.17) is 0 Å². The Labute approximate surface area is 68.2 Å². The first-order chi connectivity index (χ1) is 5.16. The summed E-state index contributed by atoms with van der Waals surface area (Å²) in [6.45, 7) is 4.66. The Hall–Kier alpha value is -0.330. The summed E-state index contributed by atoms with van der Waals surface area (Å²) in [7, 11) is 0. The second-order valence-electron chi connectivity index (χ2n) is 4.74. The van der Waals surface area contributed by atoms with Crippen molar-refractivity contribution in [3.63, 3.8) is 0 Å². The summed E-state index contributed by atoms with van der Waals surface area (Å²) in [5.41, 5.74) is 0.464. The van der Waals surface area contributed by atoms with Crippen LogP contribution < -0.4 is 0 Å². The highest BCUT2D eigenvalue weighted by molar-refractivity contribution is 5.55. The molecule has 2 aliphatic carbocycles. The van der Waals surface area contributed by atoms with E-state index in [0.717, 1.165) is 5.92 Å². The van der Waals surface area contributed by atoms with Crippen LogP contribution in [0.5, 0.6) is 0 Å². The van der Waals surface area contributed by atoms with E-state index >= 15 is 0 Å². The average Bonchev–Trinajstić information content (AvgIpc) is 2.40. The molecule has 0 spiro atoms. The number of carbonyl (C=O) groups excluding carboxylic acids is 1. The zero-order chi connectivity index (χ0) is 8.06. The minimum atomic E-state index is 0.392. The van der Waals surface area contributed by atoms with Crippen LogP contribution in [0.2, 0.25) is 0 Å². The Morgan fingerprint density at radius 3 is 2.36 bits per heavy atom. The Morgan fingerprint density at radius 1 is 1.36 bits per heavy atom. The van der Waals surface area contributed by atoms with Crippen LogP contribution in [-0.2, 0) is 4.79 Å². The van der Waals surface area contributed by atoms with Crippen molar-refractivity contribution in [3.05, 3.63) is 0 Å². The van der Waals surface area contributed by atoms with Gasteiger partial charge in [0.1, 0.15) is 6.29 Å². The fourth-order valence-corrected chi connectivity index (χ4v) is 3.26. The summed E-state index contributed by atoms with van der Waals surface area (Å²) in [5.74, 6) is 1.93. The third-order valence-electron chi connectivity index (χ3n) is 4.08. The zero-order valence-corrected chi connectivity index (χ0v) is 7.34. The van der Waals surface area contributed by atoms with Gasteiger partial charge in [-0.05, 0) is 36.5 Å². The van der Waals surface area contributed by atoms with Crippen molar-refractivity contribution in [2.24, 2.45) is 23.2 Å². The lowest BCUT2D eigenvalue weighted by atomic mass is 9.80. The zero-order valence-electron chi connectivity index (χ0n) is 7.34. The van der Waals surface area contributed by atoms with Gasteiger partial charge in [0.05, 0.1) is 0 Å². The van der Waals surface area contributed by atoms with Crippen LogP contribution in [0.25, 0.3) is 0 Å². The predicted molar refractivity (Wildman–Crippen MR) is 44.2 cm³/mol. The molecule has 0 amide bonds. The largest absolute Gasteiger partial charge is 0.303 e. The summed E-state index contributed by atoms with van der Waals surface area (Å²) in [5, 5.41) is 0. The quantitative estimate of drug-likeness (QED) is 0.527. The Morgan fingerprint density at radius 2 is 2.09 bits per heavy atom. The number of hydrogen-bond acceptors (Lipinski definition) is 1. The fourth-order valence-electron chi connectivity index (χ4n) is 3.26. The molecule has 1 nitrogen and oxygen atoms in total. The van der Waals surface area contributed by atoms with Gasteiger partial charge in [-0.25, -0.2) is 0 Å². The highest BCUT2D eigenvalue weighted by atomic mass is 16.1. The molecule has 0 radical (unpaired) electrons. The maximum Gasteiger partial charge on any atom is 0.123 e. The SMILES string of the molecule is CC1(C)[C@H]2CC[C@@H]1[C@H](C=O)C2. The molecule has 2 bridgehead atoms. The van der Waals surface area contributed by atoms with Gasteiger partial charge in [0.25, 0.3) is 0 Å². The summed E-state index contributed by atoms with van der Waals surface area (Å²) in [6, 6.07) is 0. The molecule has 0 heterocycles. The smallest absolute Gasteiger partial charge is 0.123 e. The highest BCUT2D eigenvalue weighted by Crippen LogP contribution is 2.59. The molecular weight excluding hydrogens is 136 g/mol. The van der Waals surface area contributed by atoms with Gasteiger partial charge in [0, 0.05) is 5.92 Å². The third kappa shape index (κ3) is 0.800. The standard InChI is InChI=1S/C10H16O/c1-10(2)8-3-4-9(10)7(5-8)6-11/h6-9H,3-5H2,1-2H3/t7-,8-,9+/m0/s1. The number of aldehydes is 1. The molecular formula is C10H16O. The topological polar surface area (TPSA) is 17.1 Å². The van der Waals surface area contributed by atoms with Gasteiger partial charge in [-0.1, -0.05) is 13.8 Å². The predicted octanol–water partition coefficient (Wildman–Crippen LogP) is 2.26. The Balaban J connectivity index is 2.25. The van der Waals surface area contributed by atoms with Crippen molar-refractivity contribution in [3.8, 4) is 0 Å². The van der Waals surface area contributed by atoms with Crippen LogP contribution >= 0.6 is 0 Å².